The van der Waals surface area contributed by atoms with Gasteiger partial charge in [0.1, 0.15) is 0 Å². The number of hydrogen-bond donors (Lipinski definition) is 3. The Morgan fingerprint density at radius 1 is 1.32 bits per heavy atom. The van der Waals surface area contributed by atoms with E-state index in [9.17, 15) is 19.8 Å². The van der Waals surface area contributed by atoms with E-state index in [-0.39, 0.29) is 11.9 Å². The lowest BCUT2D eigenvalue weighted by Crippen LogP contribution is -2.45. The summed E-state index contributed by atoms with van der Waals surface area (Å²) < 4.78 is 1.67. The van der Waals surface area contributed by atoms with Crippen LogP contribution in [0.15, 0.2) is 30.6 Å². The molecule has 0 fully saturated rings. The number of benzene rings is 1. The first-order chi connectivity index (χ1) is 13.0. The Balaban J connectivity index is 2.01. The second-order valence-corrected chi connectivity index (χ2v) is 7.99. The molecular formula is C20H26N4O4. The van der Waals surface area contributed by atoms with E-state index in [1.54, 1.807) is 29.6 Å². The van der Waals surface area contributed by atoms with Gasteiger partial charge in [0.15, 0.2) is 0 Å². The number of fused-ring (bicyclic) bond motifs is 1. The Morgan fingerprint density at radius 3 is 2.64 bits per heavy atom. The summed E-state index contributed by atoms with van der Waals surface area (Å²) in [5, 5.41) is 26.1. The summed E-state index contributed by atoms with van der Waals surface area (Å²) in [4.78, 5) is 25.1. The van der Waals surface area contributed by atoms with Crippen molar-refractivity contribution in [1.82, 2.24) is 15.1 Å². The molecule has 0 saturated heterocycles. The highest BCUT2D eigenvalue weighted by Crippen LogP contribution is 2.39. The number of nitrogens with one attached hydrogen (secondary N) is 1. The first-order valence-electron chi connectivity index (χ1n) is 9.23. The molecule has 150 valence electrons. The Morgan fingerprint density at radius 2 is 2.04 bits per heavy atom. The van der Waals surface area contributed by atoms with E-state index in [0.29, 0.717) is 13.0 Å². The number of carboxylic acid groups (broad SMARTS) is 1. The fraction of sp³-hybridized carbons (Fsp3) is 0.450. The summed E-state index contributed by atoms with van der Waals surface area (Å²) in [5.41, 5.74) is 2.33. The smallest absolute Gasteiger partial charge is 0.405 e. The Bertz CT molecular complexity index is 900. The number of aliphatic hydroxyl groups is 1. The van der Waals surface area contributed by atoms with Crippen molar-refractivity contribution in [2.75, 3.05) is 4.90 Å². The maximum absolute atomic E-state index is 12.1. The summed E-state index contributed by atoms with van der Waals surface area (Å²) in [6.45, 7) is 7.21. The van der Waals surface area contributed by atoms with Crippen molar-refractivity contribution >= 4 is 17.7 Å². The van der Waals surface area contributed by atoms with Crippen LogP contribution in [0.3, 0.4) is 0 Å². The molecule has 2 heterocycles. The third-order valence-electron chi connectivity index (χ3n) is 4.83. The van der Waals surface area contributed by atoms with E-state index >= 15 is 0 Å². The molecule has 28 heavy (non-hydrogen) atoms. The van der Waals surface area contributed by atoms with E-state index in [1.165, 1.54) is 6.92 Å². The predicted octanol–water partition coefficient (Wildman–Crippen LogP) is 2.77. The summed E-state index contributed by atoms with van der Waals surface area (Å²) in [6.07, 6.45) is 2.96. The Labute approximate surface area is 163 Å². The zero-order valence-corrected chi connectivity index (χ0v) is 16.5. The van der Waals surface area contributed by atoms with E-state index in [2.05, 4.69) is 10.4 Å². The summed E-state index contributed by atoms with van der Waals surface area (Å²) in [5.74, 6) is -0.0757. The minimum atomic E-state index is -1.09. The molecule has 1 aliphatic rings. The zero-order valence-electron chi connectivity index (χ0n) is 16.5. The molecule has 0 unspecified atom stereocenters. The average molecular weight is 386 g/mol. The molecule has 0 radical (unpaired) electrons. The number of rotatable bonds is 4. The van der Waals surface area contributed by atoms with E-state index in [1.807, 2.05) is 31.3 Å². The molecule has 2 amide bonds. The lowest BCUT2D eigenvalue weighted by molar-refractivity contribution is -0.117. The molecule has 2 aromatic rings. The number of nitrogens with zero attached hydrogens (tertiary/aromatic N) is 3. The number of amides is 2. The van der Waals surface area contributed by atoms with Gasteiger partial charge in [-0.25, -0.2) is 4.79 Å². The second kappa shape index (κ2) is 7.27. The quantitative estimate of drug-likeness (QED) is 0.749. The standard InChI is InChI=1S/C20H26N4O4/c1-12-7-17(22-19(26)27)16-8-14(5-6-18(16)24(12)13(2)25)15-9-21-23(10-15)11-20(3,4)28/h5-6,8-10,12,17,22,28H,7,11H2,1-4H3,(H,26,27)/t12-,17+/m0/s1. The van der Waals surface area contributed by atoms with Gasteiger partial charge in [-0.05, 0) is 50.5 Å². The van der Waals surface area contributed by atoms with Crippen molar-refractivity contribution in [2.45, 2.75) is 58.3 Å². The highest BCUT2D eigenvalue weighted by atomic mass is 16.4. The van der Waals surface area contributed by atoms with Gasteiger partial charge in [0.25, 0.3) is 0 Å². The summed E-state index contributed by atoms with van der Waals surface area (Å²) in [6, 6.07) is 5.15. The van der Waals surface area contributed by atoms with Crippen molar-refractivity contribution in [3.63, 3.8) is 0 Å². The van der Waals surface area contributed by atoms with Gasteiger partial charge in [-0.2, -0.15) is 5.10 Å². The van der Waals surface area contributed by atoms with Crippen LogP contribution in [0.1, 0.15) is 45.7 Å². The Hall–Kier alpha value is -2.87. The van der Waals surface area contributed by atoms with Crippen LogP contribution >= 0.6 is 0 Å². The lowest BCUT2D eigenvalue weighted by Gasteiger charge is -2.39. The summed E-state index contributed by atoms with van der Waals surface area (Å²) in [7, 11) is 0. The molecule has 1 aromatic heterocycles. The molecule has 0 bridgehead atoms. The zero-order chi connectivity index (χ0) is 20.6. The van der Waals surface area contributed by atoms with Crippen molar-refractivity contribution < 1.29 is 19.8 Å². The maximum Gasteiger partial charge on any atom is 0.405 e. The van der Waals surface area contributed by atoms with Gasteiger partial charge in [0, 0.05) is 30.4 Å². The number of carbonyl (C=O) groups is 2. The van der Waals surface area contributed by atoms with Crippen LogP contribution < -0.4 is 10.2 Å². The van der Waals surface area contributed by atoms with Crippen LogP contribution in [0.25, 0.3) is 11.1 Å². The predicted molar refractivity (Wildman–Crippen MR) is 105 cm³/mol. The van der Waals surface area contributed by atoms with Gasteiger partial charge >= 0.3 is 6.09 Å². The molecular weight excluding hydrogens is 360 g/mol. The first-order valence-corrected chi connectivity index (χ1v) is 9.23. The molecule has 8 nitrogen and oxygen atoms in total. The summed E-state index contributed by atoms with van der Waals surface area (Å²) >= 11 is 0. The normalized spacial score (nSPS) is 19.2. The van der Waals surface area contributed by atoms with Gasteiger partial charge in [-0.3, -0.25) is 9.48 Å². The minimum Gasteiger partial charge on any atom is -0.465 e. The monoisotopic (exact) mass is 386 g/mol. The van der Waals surface area contributed by atoms with Crippen LogP contribution in [0, 0.1) is 0 Å². The third-order valence-corrected chi connectivity index (χ3v) is 4.83. The average Bonchev–Trinajstić information content (AvgIpc) is 3.00. The number of hydrogen-bond acceptors (Lipinski definition) is 4. The van der Waals surface area contributed by atoms with Crippen molar-refractivity contribution in [3.8, 4) is 11.1 Å². The topological polar surface area (TPSA) is 108 Å². The van der Waals surface area contributed by atoms with Crippen molar-refractivity contribution in [2.24, 2.45) is 0 Å². The lowest BCUT2D eigenvalue weighted by atomic mass is 9.89. The van der Waals surface area contributed by atoms with Crippen LogP contribution in [-0.2, 0) is 11.3 Å². The highest BCUT2D eigenvalue weighted by molar-refractivity contribution is 5.94. The molecule has 1 aliphatic heterocycles. The second-order valence-electron chi connectivity index (χ2n) is 7.99. The number of aromatic nitrogens is 2. The number of anilines is 1. The first kappa shape index (κ1) is 19.9. The number of carbonyl (C=O) groups excluding carboxylic acids is 1. The largest absolute Gasteiger partial charge is 0.465 e. The molecule has 2 atom stereocenters. The third kappa shape index (κ3) is 4.17. The molecule has 0 aliphatic carbocycles. The van der Waals surface area contributed by atoms with Gasteiger partial charge in [-0.15, -0.1) is 0 Å². The SMILES string of the molecule is CC(=O)N1c2ccc(-c3cnn(CC(C)(C)O)c3)cc2[C@H](NC(=O)O)C[C@@H]1C. The minimum absolute atomic E-state index is 0.0757. The van der Waals surface area contributed by atoms with Crippen LogP contribution in [0.5, 0.6) is 0 Å². The van der Waals surface area contributed by atoms with Gasteiger partial charge in [0.05, 0.1) is 24.4 Å². The Kier molecular flexibility index (Phi) is 5.16. The van der Waals surface area contributed by atoms with Gasteiger partial charge in [-0.1, -0.05) is 6.07 Å². The van der Waals surface area contributed by atoms with Crippen LogP contribution in [0.4, 0.5) is 10.5 Å². The maximum atomic E-state index is 12.1. The highest BCUT2D eigenvalue weighted by Gasteiger charge is 2.33. The fourth-order valence-electron chi connectivity index (χ4n) is 3.80. The fourth-order valence-corrected chi connectivity index (χ4v) is 3.80. The van der Waals surface area contributed by atoms with Crippen molar-refractivity contribution in [1.29, 1.82) is 0 Å². The van der Waals surface area contributed by atoms with Crippen molar-refractivity contribution in [3.05, 3.63) is 36.2 Å². The molecule has 3 N–H and O–H groups in total. The molecule has 0 spiro atoms. The van der Waals surface area contributed by atoms with Gasteiger partial charge in [0.2, 0.25) is 5.91 Å². The molecule has 3 rings (SSSR count). The van der Waals surface area contributed by atoms with E-state index < -0.39 is 17.7 Å². The molecule has 1 aromatic carbocycles. The van der Waals surface area contributed by atoms with E-state index in [4.69, 9.17) is 0 Å². The van der Waals surface area contributed by atoms with Crippen LogP contribution in [0.2, 0.25) is 0 Å². The molecule has 8 heteroatoms. The molecule has 0 saturated carbocycles. The van der Waals surface area contributed by atoms with Gasteiger partial charge < -0.3 is 20.4 Å². The van der Waals surface area contributed by atoms with Crippen LogP contribution in [-0.4, -0.2) is 43.6 Å². The van der Waals surface area contributed by atoms with E-state index in [0.717, 1.165) is 22.4 Å².